The Balaban J connectivity index is 1.63. The molecular weight excluding hydrogens is 530 g/mol. The minimum atomic E-state index is -2.79. The molecule has 0 bridgehead atoms. The lowest BCUT2D eigenvalue weighted by Gasteiger charge is -2.27. The number of nitrogens with two attached hydrogens (primary N) is 1. The van der Waals surface area contributed by atoms with Crippen molar-refractivity contribution in [3.05, 3.63) is 66.0 Å². The summed E-state index contributed by atoms with van der Waals surface area (Å²) < 4.78 is 40.7. The Bertz CT molecular complexity index is 1350. The lowest BCUT2D eigenvalue weighted by atomic mass is 10.2. The summed E-state index contributed by atoms with van der Waals surface area (Å²) in [6.45, 7) is 7.92. The first-order valence-electron chi connectivity index (χ1n) is 13.7. The number of hydrogen-bond donors (Lipinski definition) is 1. The quantitative estimate of drug-likeness (QED) is 0.311. The molecule has 2 N–H and O–H groups in total. The first-order valence-corrected chi connectivity index (χ1v) is 13.7. The van der Waals surface area contributed by atoms with Crippen molar-refractivity contribution in [2.45, 2.75) is 32.9 Å². The lowest BCUT2D eigenvalue weighted by molar-refractivity contribution is 0.0440. The van der Waals surface area contributed by atoms with E-state index in [2.05, 4.69) is 37.0 Å². The Kier molecular flexibility index (Phi) is 10.9. The van der Waals surface area contributed by atoms with Gasteiger partial charge in [-0.3, -0.25) is 9.47 Å². The van der Waals surface area contributed by atoms with Crippen LogP contribution in [0.2, 0.25) is 0 Å². The lowest BCUT2D eigenvalue weighted by Crippen LogP contribution is -2.45. The summed E-state index contributed by atoms with van der Waals surface area (Å²) in [6.07, 6.45) is -3.04. The molecule has 1 aromatic heterocycles. The largest absolute Gasteiger partial charge is 0.378 e. The molecule has 10 nitrogen and oxygen atoms in total. The molecule has 12 heteroatoms. The Morgan fingerprint density at radius 3 is 2.51 bits per heavy atom. The molecule has 1 saturated heterocycles. The number of morpholine rings is 1. The maximum Gasteiger partial charge on any atom is 0.296 e. The highest BCUT2D eigenvalue weighted by Crippen LogP contribution is 2.24. The van der Waals surface area contributed by atoms with Crippen molar-refractivity contribution in [1.29, 1.82) is 0 Å². The third-order valence-electron chi connectivity index (χ3n) is 6.57. The number of ether oxygens (including phenoxy) is 2. The molecule has 41 heavy (non-hydrogen) atoms. The molecule has 220 valence electrons. The predicted octanol–water partition coefficient (Wildman–Crippen LogP) is 3.78. The molecule has 0 radical (unpaired) electrons. The monoisotopic (exact) mass is 568 g/mol. The number of fused-ring (bicyclic) bond motifs is 1. The van der Waals surface area contributed by atoms with Crippen molar-refractivity contribution in [2.24, 2.45) is 20.7 Å². The van der Waals surface area contributed by atoms with Gasteiger partial charge in [0.1, 0.15) is 5.84 Å². The highest BCUT2D eigenvalue weighted by molar-refractivity contribution is 6.03. The van der Waals surface area contributed by atoms with Gasteiger partial charge in [-0.15, -0.1) is 0 Å². The van der Waals surface area contributed by atoms with Gasteiger partial charge in [-0.1, -0.05) is 42.5 Å². The molecule has 2 heterocycles. The van der Waals surface area contributed by atoms with E-state index in [1.54, 1.807) is 31.2 Å². The van der Waals surface area contributed by atoms with Crippen molar-refractivity contribution in [2.75, 3.05) is 53.0 Å². The molecule has 4 rings (SSSR count). The van der Waals surface area contributed by atoms with E-state index < -0.39 is 12.2 Å². The van der Waals surface area contributed by atoms with Gasteiger partial charge in [-0.05, 0) is 38.6 Å². The molecule has 3 aromatic rings. The van der Waals surface area contributed by atoms with E-state index in [-0.39, 0.29) is 30.4 Å². The third kappa shape index (κ3) is 8.38. The smallest absolute Gasteiger partial charge is 0.296 e. The van der Waals surface area contributed by atoms with E-state index in [0.717, 1.165) is 6.54 Å². The van der Waals surface area contributed by atoms with Crippen LogP contribution >= 0.6 is 0 Å². The highest BCUT2D eigenvalue weighted by Gasteiger charge is 2.21. The van der Waals surface area contributed by atoms with Gasteiger partial charge in [0.25, 0.3) is 6.43 Å². The number of aliphatic imine (C=N–C) groups is 3. The van der Waals surface area contributed by atoms with Crippen molar-refractivity contribution in [3.63, 3.8) is 0 Å². The van der Waals surface area contributed by atoms with Gasteiger partial charge >= 0.3 is 0 Å². The number of hydrogen-bond acceptors (Lipinski definition) is 5. The number of guanidine groups is 2. The van der Waals surface area contributed by atoms with Crippen molar-refractivity contribution in [1.82, 2.24) is 19.4 Å². The Labute approximate surface area is 239 Å². The molecule has 1 aliphatic rings. The molecule has 1 aliphatic heterocycles. The molecule has 0 amide bonds. The maximum absolute atomic E-state index is 14.0. The third-order valence-corrected chi connectivity index (χ3v) is 6.57. The minimum absolute atomic E-state index is 0.0694. The topological polar surface area (TPSA) is 106 Å². The summed E-state index contributed by atoms with van der Waals surface area (Å²) in [4.78, 5) is 22.0. The van der Waals surface area contributed by atoms with Gasteiger partial charge in [0.15, 0.2) is 11.8 Å². The second kappa shape index (κ2) is 14.8. The maximum atomic E-state index is 14.0. The van der Waals surface area contributed by atoms with Crippen LogP contribution in [0.5, 0.6) is 0 Å². The number of rotatable bonds is 9. The van der Waals surface area contributed by atoms with Crippen LogP contribution in [0.15, 0.2) is 69.6 Å². The van der Waals surface area contributed by atoms with Gasteiger partial charge < -0.3 is 20.1 Å². The van der Waals surface area contributed by atoms with E-state index in [4.69, 9.17) is 15.2 Å². The van der Waals surface area contributed by atoms with E-state index in [0.29, 0.717) is 50.5 Å². The predicted molar refractivity (Wildman–Crippen MR) is 158 cm³/mol. The first-order chi connectivity index (χ1) is 19.9. The second-order valence-corrected chi connectivity index (χ2v) is 9.72. The van der Waals surface area contributed by atoms with E-state index >= 15 is 0 Å². The van der Waals surface area contributed by atoms with Gasteiger partial charge in [0, 0.05) is 32.8 Å². The molecule has 0 spiro atoms. The SMILES string of the molecule is CCOC(CN=C(/N=C(\N)N1CCOCC1)/N=C(\C)n1c(C(F)F)nc2ccccc21)CN(C)Cc1ccccc1. The van der Waals surface area contributed by atoms with Crippen LogP contribution in [0.4, 0.5) is 8.78 Å². The fraction of sp³-hybridized carbons (Fsp3) is 0.448. The molecule has 1 atom stereocenters. The molecule has 2 aromatic carbocycles. The normalized spacial score (nSPS) is 16.3. The summed E-state index contributed by atoms with van der Waals surface area (Å²) in [5.74, 6) is 0.161. The average Bonchev–Trinajstić information content (AvgIpc) is 3.37. The average molecular weight is 569 g/mol. The molecule has 0 aliphatic carbocycles. The number of likely N-dealkylation sites (N-methyl/N-ethyl adjacent to an activating group) is 1. The summed E-state index contributed by atoms with van der Waals surface area (Å²) in [5, 5.41) is 0. The van der Waals surface area contributed by atoms with E-state index in [1.165, 1.54) is 10.1 Å². The van der Waals surface area contributed by atoms with Crippen LogP contribution in [-0.4, -0.2) is 96.3 Å². The van der Waals surface area contributed by atoms with E-state index in [1.807, 2.05) is 37.1 Å². The molecule has 0 saturated carbocycles. The number of aromatic nitrogens is 2. The summed E-state index contributed by atoms with van der Waals surface area (Å²) in [5.41, 5.74) is 8.50. The van der Waals surface area contributed by atoms with Crippen LogP contribution in [0.25, 0.3) is 11.0 Å². The fourth-order valence-corrected chi connectivity index (χ4v) is 4.68. The van der Waals surface area contributed by atoms with Crippen molar-refractivity contribution >= 4 is 28.8 Å². The summed E-state index contributed by atoms with van der Waals surface area (Å²) >= 11 is 0. The van der Waals surface area contributed by atoms with Gasteiger partial charge in [-0.25, -0.2) is 18.8 Å². The Morgan fingerprint density at radius 2 is 1.80 bits per heavy atom. The van der Waals surface area contributed by atoms with Crippen LogP contribution in [0.1, 0.15) is 31.7 Å². The second-order valence-electron chi connectivity index (χ2n) is 9.72. The standard InChI is InChI=1S/C29H38F2N8O2/c1-4-41-23(20-37(3)19-22-10-6-5-7-11-22)18-33-29(36-28(32)38-14-16-40-17-15-38)34-21(2)39-25-13-9-8-12-24(25)35-27(39)26(30)31/h5-13,23,26H,4,14-20H2,1-3H3,(H2,32,33,36)/b34-21+. The number of benzene rings is 2. The van der Waals surface area contributed by atoms with Gasteiger partial charge in [0.2, 0.25) is 5.96 Å². The van der Waals surface area contributed by atoms with Crippen LogP contribution in [-0.2, 0) is 16.0 Å². The number of imidazole rings is 1. The number of alkyl halides is 2. The fourth-order valence-electron chi connectivity index (χ4n) is 4.68. The van der Waals surface area contributed by atoms with Crippen molar-refractivity contribution < 1.29 is 18.3 Å². The molecule has 1 unspecified atom stereocenters. The summed E-state index contributed by atoms with van der Waals surface area (Å²) in [6, 6.07) is 17.1. The minimum Gasteiger partial charge on any atom is -0.378 e. The highest BCUT2D eigenvalue weighted by atomic mass is 19.3. The summed E-state index contributed by atoms with van der Waals surface area (Å²) in [7, 11) is 2.02. The number of nitrogens with zero attached hydrogens (tertiary/aromatic N) is 7. The van der Waals surface area contributed by atoms with Gasteiger partial charge in [0.05, 0.1) is 36.9 Å². The Morgan fingerprint density at radius 1 is 1.10 bits per heavy atom. The first kappa shape index (κ1) is 30.2. The van der Waals surface area contributed by atoms with Gasteiger partial charge in [-0.2, -0.15) is 9.98 Å². The number of para-hydroxylation sites is 2. The zero-order valence-corrected chi connectivity index (χ0v) is 23.8. The number of halogens is 2. The van der Waals surface area contributed by atoms with Crippen molar-refractivity contribution in [3.8, 4) is 0 Å². The zero-order chi connectivity index (χ0) is 29.2. The van der Waals surface area contributed by atoms with Crippen LogP contribution in [0.3, 0.4) is 0 Å². The van der Waals surface area contributed by atoms with E-state index in [9.17, 15) is 8.78 Å². The van der Waals surface area contributed by atoms with Crippen LogP contribution in [0, 0.1) is 0 Å². The zero-order valence-electron chi connectivity index (χ0n) is 23.8. The van der Waals surface area contributed by atoms with Crippen LogP contribution < -0.4 is 5.73 Å². The Hall–Kier alpha value is -3.74. The molecule has 1 fully saturated rings. The molecular formula is C29H38F2N8O2.